The summed E-state index contributed by atoms with van der Waals surface area (Å²) in [5.41, 5.74) is 2.44. The maximum atomic E-state index is 12.5. The first-order valence-electron chi connectivity index (χ1n) is 7.32. The highest BCUT2D eigenvalue weighted by atomic mass is 32.2. The molecule has 6 nitrogen and oxygen atoms in total. The minimum Gasteiger partial charge on any atom is -0.445 e. The first-order valence-corrected chi connectivity index (χ1v) is 8.70. The monoisotopic (exact) mass is 330 g/mol. The second kappa shape index (κ2) is 6.45. The van der Waals surface area contributed by atoms with Crippen molar-refractivity contribution in [1.82, 2.24) is 20.0 Å². The molecule has 2 heterocycles. The minimum atomic E-state index is -1.18. The van der Waals surface area contributed by atoms with Gasteiger partial charge in [0.05, 0.1) is 28.5 Å². The number of aryl methyl sites for hydroxylation is 2. The van der Waals surface area contributed by atoms with Gasteiger partial charge in [-0.3, -0.25) is 4.21 Å². The number of rotatable bonds is 5. The van der Waals surface area contributed by atoms with Gasteiger partial charge in [-0.15, -0.1) is 5.10 Å². The largest absolute Gasteiger partial charge is 0.445 e. The lowest BCUT2D eigenvalue weighted by Crippen LogP contribution is -2.06. The smallest absolute Gasteiger partial charge is 0.207 e. The quantitative estimate of drug-likeness (QED) is 0.719. The van der Waals surface area contributed by atoms with E-state index in [1.165, 1.54) is 0 Å². The van der Waals surface area contributed by atoms with E-state index < -0.39 is 10.8 Å². The summed E-state index contributed by atoms with van der Waals surface area (Å²) in [6, 6.07) is 9.70. The van der Waals surface area contributed by atoms with Crippen LogP contribution in [0.4, 0.5) is 0 Å². The van der Waals surface area contributed by atoms with Crippen LogP contribution < -0.4 is 0 Å². The highest BCUT2D eigenvalue weighted by Crippen LogP contribution is 2.21. The van der Waals surface area contributed by atoms with Gasteiger partial charge < -0.3 is 4.42 Å². The molecule has 3 aromatic rings. The molecule has 0 fully saturated rings. The van der Waals surface area contributed by atoms with Gasteiger partial charge in [0.25, 0.3) is 0 Å². The molecule has 0 N–H and O–H groups in total. The van der Waals surface area contributed by atoms with E-state index in [0.29, 0.717) is 11.6 Å². The number of para-hydroxylation sites is 1. The van der Waals surface area contributed by atoms with Crippen LogP contribution in [0.25, 0.3) is 5.69 Å². The van der Waals surface area contributed by atoms with E-state index in [1.54, 1.807) is 4.68 Å². The normalized spacial score (nSPS) is 13.9. The summed E-state index contributed by atoms with van der Waals surface area (Å²) in [6.07, 6.45) is 1.81. The molecule has 3 rings (SSSR count). The van der Waals surface area contributed by atoms with Crippen LogP contribution >= 0.6 is 0 Å². The third-order valence-electron chi connectivity index (χ3n) is 3.68. The Morgan fingerprint density at radius 2 is 2.00 bits per heavy atom. The Hall–Kier alpha value is -2.28. The molecule has 0 saturated carbocycles. The Morgan fingerprint density at radius 3 is 2.65 bits per heavy atom. The van der Waals surface area contributed by atoms with Crippen LogP contribution in [0.5, 0.6) is 0 Å². The molecule has 0 aliphatic heterocycles. The Bertz CT molecular complexity index is 806. The van der Waals surface area contributed by atoms with Crippen LogP contribution in [0, 0.1) is 13.8 Å². The third-order valence-corrected chi connectivity index (χ3v) is 5.24. The minimum absolute atomic E-state index is 0.250. The van der Waals surface area contributed by atoms with E-state index in [1.807, 2.05) is 57.3 Å². The first-order chi connectivity index (χ1) is 11.0. The van der Waals surface area contributed by atoms with Crippen molar-refractivity contribution in [3.8, 4) is 5.69 Å². The molecule has 0 saturated heterocycles. The Labute approximate surface area is 137 Å². The summed E-state index contributed by atoms with van der Waals surface area (Å²) in [6.45, 7) is 5.60. The van der Waals surface area contributed by atoms with Gasteiger partial charge in [0, 0.05) is 10.8 Å². The van der Waals surface area contributed by atoms with Gasteiger partial charge in [0.2, 0.25) is 5.89 Å². The zero-order valence-corrected chi connectivity index (χ0v) is 14.1. The van der Waals surface area contributed by atoms with Crippen LogP contribution in [0.3, 0.4) is 0 Å². The van der Waals surface area contributed by atoms with Crippen molar-refractivity contribution in [3.05, 3.63) is 59.6 Å². The van der Waals surface area contributed by atoms with E-state index in [4.69, 9.17) is 4.42 Å². The summed E-state index contributed by atoms with van der Waals surface area (Å²) in [5.74, 6) is 1.54. The molecule has 0 bridgehead atoms. The van der Waals surface area contributed by atoms with Crippen molar-refractivity contribution in [2.45, 2.75) is 31.8 Å². The molecule has 0 amide bonds. The second-order valence-electron chi connectivity index (χ2n) is 5.34. The van der Waals surface area contributed by atoms with Gasteiger partial charge in [0.15, 0.2) is 0 Å². The third kappa shape index (κ3) is 3.39. The van der Waals surface area contributed by atoms with Gasteiger partial charge in [-0.1, -0.05) is 23.4 Å². The summed E-state index contributed by atoms with van der Waals surface area (Å²) >= 11 is 0. The first kappa shape index (κ1) is 15.6. The number of hydrogen-bond acceptors (Lipinski definition) is 5. The molecule has 0 aliphatic carbocycles. The van der Waals surface area contributed by atoms with Crippen molar-refractivity contribution >= 4 is 10.8 Å². The fourth-order valence-corrected chi connectivity index (χ4v) is 3.15. The van der Waals surface area contributed by atoms with Gasteiger partial charge >= 0.3 is 0 Å². The van der Waals surface area contributed by atoms with Gasteiger partial charge in [-0.25, -0.2) is 9.67 Å². The lowest BCUT2D eigenvalue weighted by Gasteiger charge is -2.06. The molecular weight excluding hydrogens is 312 g/mol. The Balaban J connectivity index is 1.74. The predicted molar refractivity (Wildman–Crippen MR) is 87.6 cm³/mol. The number of benzene rings is 1. The molecular formula is C16H18N4O2S. The lowest BCUT2D eigenvalue weighted by atomic mass is 10.3. The number of oxazole rings is 1. The second-order valence-corrected chi connectivity index (χ2v) is 7.10. The summed E-state index contributed by atoms with van der Waals surface area (Å²) in [4.78, 5) is 4.28. The van der Waals surface area contributed by atoms with E-state index in [-0.39, 0.29) is 11.0 Å². The molecule has 0 aliphatic rings. The molecule has 0 radical (unpaired) electrons. The number of aromatic nitrogens is 4. The highest BCUT2D eigenvalue weighted by Gasteiger charge is 2.20. The van der Waals surface area contributed by atoms with E-state index in [9.17, 15) is 4.21 Å². The average Bonchev–Trinajstić information content (AvgIpc) is 3.15. The van der Waals surface area contributed by atoms with Crippen LogP contribution in [-0.4, -0.2) is 24.2 Å². The van der Waals surface area contributed by atoms with E-state index in [0.717, 1.165) is 17.1 Å². The molecule has 120 valence electrons. The van der Waals surface area contributed by atoms with Gasteiger partial charge in [-0.05, 0) is 32.9 Å². The van der Waals surface area contributed by atoms with Crippen LogP contribution in [0.15, 0.2) is 40.9 Å². The molecule has 2 aromatic heterocycles. The molecule has 0 spiro atoms. The lowest BCUT2D eigenvalue weighted by molar-refractivity contribution is 0.487. The summed E-state index contributed by atoms with van der Waals surface area (Å²) < 4.78 is 19.7. The average molecular weight is 330 g/mol. The Kier molecular flexibility index (Phi) is 4.38. The van der Waals surface area contributed by atoms with Crippen LogP contribution in [-0.2, 0) is 16.6 Å². The molecule has 1 aromatic carbocycles. The zero-order valence-electron chi connectivity index (χ0n) is 13.3. The van der Waals surface area contributed by atoms with Crippen molar-refractivity contribution in [2.24, 2.45) is 0 Å². The van der Waals surface area contributed by atoms with Crippen LogP contribution in [0.2, 0.25) is 0 Å². The molecule has 7 heteroatoms. The molecule has 0 unspecified atom stereocenters. The summed E-state index contributed by atoms with van der Waals surface area (Å²) in [7, 11) is -1.18. The number of hydrogen-bond donors (Lipinski definition) is 0. The van der Waals surface area contributed by atoms with Crippen molar-refractivity contribution in [1.29, 1.82) is 0 Å². The maximum absolute atomic E-state index is 12.5. The van der Waals surface area contributed by atoms with E-state index >= 15 is 0 Å². The maximum Gasteiger partial charge on any atom is 0.207 e. The highest BCUT2D eigenvalue weighted by molar-refractivity contribution is 7.84. The van der Waals surface area contributed by atoms with Gasteiger partial charge in [-0.2, -0.15) is 0 Å². The number of nitrogens with zero attached hydrogens (tertiary/aromatic N) is 4. The van der Waals surface area contributed by atoms with Crippen LogP contribution in [0.1, 0.15) is 35.2 Å². The topological polar surface area (TPSA) is 73.8 Å². The SMILES string of the molecule is Cc1nc(C[S@@](=O)[C@@H](C)c2cn(-c3ccccc3)nn2)oc1C. The van der Waals surface area contributed by atoms with Crippen molar-refractivity contribution < 1.29 is 8.63 Å². The fraction of sp³-hybridized carbons (Fsp3) is 0.312. The molecule has 23 heavy (non-hydrogen) atoms. The molecule has 2 atom stereocenters. The predicted octanol–water partition coefficient (Wildman–Crippen LogP) is 2.88. The van der Waals surface area contributed by atoms with Gasteiger partial charge in [0.1, 0.15) is 11.5 Å². The fourth-order valence-electron chi connectivity index (χ4n) is 2.15. The zero-order chi connectivity index (χ0) is 16.4. The standard InChI is InChI=1S/C16H18N4O2S/c1-11-12(2)22-16(17-11)10-23(21)13(3)15-9-20(19-18-15)14-7-5-4-6-8-14/h4-9,13H,10H2,1-3H3/t13-,23+/m0/s1. The Morgan fingerprint density at radius 1 is 1.26 bits per heavy atom. The summed E-state index contributed by atoms with van der Waals surface area (Å²) in [5, 5.41) is 8.01. The van der Waals surface area contributed by atoms with Crippen molar-refractivity contribution in [3.63, 3.8) is 0 Å². The van der Waals surface area contributed by atoms with Crippen molar-refractivity contribution in [2.75, 3.05) is 0 Å². The van der Waals surface area contributed by atoms with E-state index in [2.05, 4.69) is 15.3 Å².